The van der Waals surface area contributed by atoms with Crippen LogP contribution in [-0.4, -0.2) is 25.1 Å². The second-order valence-corrected chi connectivity index (χ2v) is 6.01. The number of hydrogen-bond acceptors (Lipinski definition) is 3. The maximum Gasteiger partial charge on any atom is 0.167 e. The number of anilines is 2. The fourth-order valence-corrected chi connectivity index (χ4v) is 3.03. The predicted octanol–water partition coefficient (Wildman–Crippen LogP) is 4.56. The lowest BCUT2D eigenvalue weighted by Gasteiger charge is -2.26. The smallest absolute Gasteiger partial charge is 0.167 e. The number of methoxy groups -OCH3 is 1. The predicted molar refractivity (Wildman–Crippen MR) is 91.8 cm³/mol. The first kappa shape index (κ1) is 15.8. The zero-order valence-electron chi connectivity index (χ0n) is 13.5. The molecule has 0 bridgehead atoms. The monoisotopic (exact) mass is 314 g/mol. The number of hydrogen-bond donors (Lipinski definition) is 1. The van der Waals surface area contributed by atoms with E-state index in [9.17, 15) is 4.39 Å². The van der Waals surface area contributed by atoms with Crippen LogP contribution in [0.3, 0.4) is 0 Å². The van der Waals surface area contributed by atoms with E-state index in [1.54, 1.807) is 6.07 Å². The number of piperidine rings is 1. The van der Waals surface area contributed by atoms with Gasteiger partial charge in [0.05, 0.1) is 7.11 Å². The lowest BCUT2D eigenvalue weighted by atomic mass is 10.1. The average Bonchev–Trinajstić information content (AvgIpc) is 2.56. The number of halogens is 1. The Morgan fingerprint density at radius 3 is 2.57 bits per heavy atom. The van der Waals surface area contributed by atoms with E-state index in [2.05, 4.69) is 22.3 Å². The molecule has 0 aliphatic carbocycles. The molecule has 1 heterocycles. The van der Waals surface area contributed by atoms with Gasteiger partial charge in [0.15, 0.2) is 11.6 Å². The first-order valence-corrected chi connectivity index (χ1v) is 8.16. The third kappa shape index (κ3) is 4.23. The summed E-state index contributed by atoms with van der Waals surface area (Å²) in [6, 6.07) is 13.2. The molecule has 122 valence electrons. The highest BCUT2D eigenvalue weighted by molar-refractivity contribution is 5.61. The molecule has 0 aromatic heterocycles. The minimum atomic E-state index is -0.359. The van der Waals surface area contributed by atoms with Crippen molar-refractivity contribution in [2.75, 3.05) is 25.5 Å². The second kappa shape index (κ2) is 7.47. The van der Waals surface area contributed by atoms with E-state index in [-0.39, 0.29) is 11.6 Å². The molecule has 0 saturated carbocycles. The van der Waals surface area contributed by atoms with E-state index < -0.39 is 0 Å². The minimum Gasteiger partial charge on any atom is -0.494 e. The van der Waals surface area contributed by atoms with Crippen LogP contribution in [-0.2, 0) is 6.54 Å². The Balaban J connectivity index is 1.68. The van der Waals surface area contributed by atoms with E-state index in [1.807, 2.05) is 18.2 Å². The minimum absolute atomic E-state index is 0.259. The van der Waals surface area contributed by atoms with E-state index >= 15 is 0 Å². The Hall–Kier alpha value is -2.07. The van der Waals surface area contributed by atoms with Crippen molar-refractivity contribution in [3.05, 3.63) is 53.8 Å². The Labute approximate surface area is 137 Å². The van der Waals surface area contributed by atoms with Gasteiger partial charge in [0.25, 0.3) is 0 Å². The first-order chi connectivity index (χ1) is 11.2. The molecule has 3 rings (SSSR count). The van der Waals surface area contributed by atoms with Crippen LogP contribution in [0, 0.1) is 5.82 Å². The van der Waals surface area contributed by atoms with Crippen LogP contribution < -0.4 is 10.1 Å². The Morgan fingerprint density at radius 2 is 1.83 bits per heavy atom. The van der Waals surface area contributed by atoms with Gasteiger partial charge in [-0.2, -0.15) is 0 Å². The highest BCUT2D eigenvalue weighted by Crippen LogP contribution is 2.24. The molecule has 3 nitrogen and oxygen atoms in total. The summed E-state index contributed by atoms with van der Waals surface area (Å²) in [6.45, 7) is 3.34. The van der Waals surface area contributed by atoms with Crippen molar-refractivity contribution in [3.63, 3.8) is 0 Å². The van der Waals surface area contributed by atoms with Gasteiger partial charge in [-0.15, -0.1) is 0 Å². The molecule has 0 radical (unpaired) electrons. The van der Waals surface area contributed by atoms with Crippen LogP contribution in [0.15, 0.2) is 42.5 Å². The molecular formula is C19H23FN2O. The van der Waals surface area contributed by atoms with E-state index in [0.717, 1.165) is 17.9 Å². The summed E-state index contributed by atoms with van der Waals surface area (Å²) in [4.78, 5) is 2.50. The molecular weight excluding hydrogens is 291 g/mol. The van der Waals surface area contributed by atoms with Gasteiger partial charge in [-0.3, -0.25) is 4.90 Å². The number of rotatable bonds is 5. The topological polar surface area (TPSA) is 24.5 Å². The Morgan fingerprint density at radius 1 is 1.04 bits per heavy atom. The lowest BCUT2D eigenvalue weighted by molar-refractivity contribution is 0.221. The van der Waals surface area contributed by atoms with Gasteiger partial charge >= 0.3 is 0 Å². The Kier molecular flexibility index (Phi) is 5.13. The normalized spacial score (nSPS) is 15.4. The van der Waals surface area contributed by atoms with E-state index in [0.29, 0.717) is 0 Å². The fraction of sp³-hybridized carbons (Fsp3) is 0.368. The molecule has 1 aliphatic rings. The second-order valence-electron chi connectivity index (χ2n) is 6.01. The van der Waals surface area contributed by atoms with Gasteiger partial charge in [0.1, 0.15) is 0 Å². The molecule has 2 aromatic carbocycles. The summed E-state index contributed by atoms with van der Waals surface area (Å²) >= 11 is 0. The van der Waals surface area contributed by atoms with Crippen LogP contribution in [0.25, 0.3) is 0 Å². The Bertz CT molecular complexity index is 654. The van der Waals surface area contributed by atoms with Crippen molar-refractivity contribution in [2.24, 2.45) is 0 Å². The number of benzene rings is 2. The summed E-state index contributed by atoms with van der Waals surface area (Å²) in [5.41, 5.74) is 2.98. The van der Waals surface area contributed by atoms with E-state index in [4.69, 9.17) is 4.74 Å². The SMILES string of the molecule is COc1ccc(Nc2cccc(CN3CCCCC3)c2)cc1F. The van der Waals surface area contributed by atoms with Crippen molar-refractivity contribution in [3.8, 4) is 5.75 Å². The first-order valence-electron chi connectivity index (χ1n) is 8.16. The number of likely N-dealkylation sites (tertiary alicyclic amines) is 1. The number of ether oxygens (including phenoxy) is 1. The van der Waals surface area contributed by atoms with Gasteiger partial charge in [-0.25, -0.2) is 4.39 Å². The quantitative estimate of drug-likeness (QED) is 0.875. The summed E-state index contributed by atoms with van der Waals surface area (Å²) in [5, 5.41) is 3.26. The van der Waals surface area contributed by atoms with Gasteiger partial charge in [-0.1, -0.05) is 18.6 Å². The largest absolute Gasteiger partial charge is 0.494 e. The van der Waals surface area contributed by atoms with Crippen LogP contribution in [0.5, 0.6) is 5.75 Å². The van der Waals surface area contributed by atoms with Gasteiger partial charge in [0, 0.05) is 24.0 Å². The number of nitrogens with zero attached hydrogens (tertiary/aromatic N) is 1. The summed E-state index contributed by atoms with van der Waals surface area (Å²) in [5.74, 6) is -0.101. The molecule has 1 N–H and O–H groups in total. The summed E-state index contributed by atoms with van der Waals surface area (Å²) < 4.78 is 18.7. The van der Waals surface area contributed by atoms with Crippen LogP contribution >= 0.6 is 0 Å². The molecule has 4 heteroatoms. The van der Waals surface area contributed by atoms with Crippen LogP contribution in [0.4, 0.5) is 15.8 Å². The molecule has 23 heavy (non-hydrogen) atoms. The average molecular weight is 314 g/mol. The highest BCUT2D eigenvalue weighted by atomic mass is 19.1. The molecule has 1 saturated heterocycles. The molecule has 0 atom stereocenters. The standard InChI is InChI=1S/C19H23FN2O/c1-23-19-9-8-17(13-18(19)20)21-16-7-5-6-15(12-16)14-22-10-3-2-4-11-22/h5-9,12-13,21H,2-4,10-11,14H2,1H3. The molecule has 0 spiro atoms. The van der Waals surface area contributed by atoms with Gasteiger partial charge in [-0.05, 0) is 55.8 Å². The zero-order valence-corrected chi connectivity index (χ0v) is 13.5. The van der Waals surface area contributed by atoms with Crippen molar-refractivity contribution in [1.82, 2.24) is 4.90 Å². The number of nitrogens with one attached hydrogen (secondary N) is 1. The molecule has 0 unspecified atom stereocenters. The van der Waals surface area contributed by atoms with E-state index in [1.165, 1.54) is 51.1 Å². The third-order valence-electron chi connectivity index (χ3n) is 4.22. The van der Waals surface area contributed by atoms with Crippen molar-refractivity contribution in [1.29, 1.82) is 0 Å². The van der Waals surface area contributed by atoms with Gasteiger partial charge in [0.2, 0.25) is 0 Å². The molecule has 1 aliphatic heterocycles. The van der Waals surface area contributed by atoms with Crippen LogP contribution in [0.2, 0.25) is 0 Å². The zero-order chi connectivity index (χ0) is 16.1. The van der Waals surface area contributed by atoms with Crippen molar-refractivity contribution < 1.29 is 9.13 Å². The fourth-order valence-electron chi connectivity index (χ4n) is 3.03. The molecule has 2 aromatic rings. The molecule has 0 amide bonds. The maximum absolute atomic E-state index is 13.8. The van der Waals surface area contributed by atoms with Gasteiger partial charge < -0.3 is 10.1 Å². The third-order valence-corrected chi connectivity index (χ3v) is 4.22. The lowest BCUT2D eigenvalue weighted by Crippen LogP contribution is -2.29. The summed E-state index contributed by atoms with van der Waals surface area (Å²) in [7, 11) is 1.47. The molecule has 1 fully saturated rings. The van der Waals surface area contributed by atoms with Crippen molar-refractivity contribution >= 4 is 11.4 Å². The maximum atomic E-state index is 13.8. The highest BCUT2D eigenvalue weighted by Gasteiger charge is 2.10. The summed E-state index contributed by atoms with van der Waals surface area (Å²) in [6.07, 6.45) is 3.94. The van der Waals surface area contributed by atoms with Crippen molar-refractivity contribution in [2.45, 2.75) is 25.8 Å². The van der Waals surface area contributed by atoms with Crippen LogP contribution in [0.1, 0.15) is 24.8 Å².